The van der Waals surface area contributed by atoms with Gasteiger partial charge in [-0.2, -0.15) is 0 Å². The van der Waals surface area contributed by atoms with E-state index in [0.29, 0.717) is 36.0 Å². The molecule has 2 aromatic heterocycles. The third kappa shape index (κ3) is 4.86. The lowest BCUT2D eigenvalue weighted by molar-refractivity contribution is -0.133. The Morgan fingerprint density at radius 2 is 1.79 bits per heavy atom. The minimum atomic E-state index is -0.123. The van der Waals surface area contributed by atoms with Crippen LogP contribution >= 0.6 is 0 Å². The topological polar surface area (TPSA) is 82.2 Å². The molecule has 1 aliphatic heterocycles. The largest absolute Gasteiger partial charge is 0.340 e. The van der Waals surface area contributed by atoms with Gasteiger partial charge in [0.05, 0.1) is 10.9 Å². The lowest BCUT2D eigenvalue weighted by Crippen LogP contribution is -2.48. The number of para-hydroxylation sites is 1. The van der Waals surface area contributed by atoms with Crippen LogP contribution in [0.5, 0.6) is 0 Å². The Labute approximate surface area is 169 Å². The van der Waals surface area contributed by atoms with Gasteiger partial charge >= 0.3 is 0 Å². The number of rotatable bonds is 6. The summed E-state index contributed by atoms with van der Waals surface area (Å²) in [7, 11) is 0. The number of H-pyrrole nitrogens is 1. The van der Waals surface area contributed by atoms with E-state index in [1.165, 1.54) is 5.56 Å². The van der Waals surface area contributed by atoms with Gasteiger partial charge in [-0.25, -0.2) is 4.98 Å². The summed E-state index contributed by atoms with van der Waals surface area (Å²) in [5, 5.41) is 0.594. The molecule has 3 aromatic rings. The van der Waals surface area contributed by atoms with Gasteiger partial charge < -0.3 is 9.88 Å². The summed E-state index contributed by atoms with van der Waals surface area (Å²) >= 11 is 0. The number of aryl methyl sites for hydroxylation is 1. The highest BCUT2D eigenvalue weighted by atomic mass is 16.2. The van der Waals surface area contributed by atoms with Gasteiger partial charge in [0, 0.05) is 58.0 Å². The summed E-state index contributed by atoms with van der Waals surface area (Å²) in [6.45, 7) is 4.18. The molecule has 150 valence electrons. The van der Waals surface area contributed by atoms with E-state index in [0.717, 1.165) is 32.7 Å². The van der Waals surface area contributed by atoms with Crippen molar-refractivity contribution in [2.45, 2.75) is 25.8 Å². The fraction of sp³-hybridized carbons (Fsp3) is 0.364. The van der Waals surface area contributed by atoms with Crippen LogP contribution in [-0.2, 0) is 17.8 Å². The van der Waals surface area contributed by atoms with Gasteiger partial charge in [0.2, 0.25) is 5.91 Å². The van der Waals surface area contributed by atoms with Gasteiger partial charge in [0.25, 0.3) is 5.56 Å². The van der Waals surface area contributed by atoms with Crippen molar-refractivity contribution in [3.05, 3.63) is 70.5 Å². The molecule has 0 atom stereocenters. The molecule has 0 radical (unpaired) electrons. The first kappa shape index (κ1) is 19.3. The molecule has 1 amide bonds. The summed E-state index contributed by atoms with van der Waals surface area (Å²) in [5.74, 6) is 0.820. The van der Waals surface area contributed by atoms with E-state index in [1.807, 2.05) is 47.6 Å². The second kappa shape index (κ2) is 8.96. The van der Waals surface area contributed by atoms with Crippen molar-refractivity contribution in [3.63, 3.8) is 0 Å². The normalized spacial score (nSPS) is 15.0. The Morgan fingerprint density at radius 1 is 1.03 bits per heavy atom. The second-order valence-electron chi connectivity index (χ2n) is 7.40. The minimum Gasteiger partial charge on any atom is -0.340 e. The molecular formula is C22H25N5O2. The number of pyridine rings is 1. The lowest BCUT2D eigenvalue weighted by atomic mass is 10.1. The predicted molar refractivity (Wildman–Crippen MR) is 111 cm³/mol. The number of benzene rings is 1. The number of carbonyl (C=O) groups is 1. The Balaban J connectivity index is 1.24. The van der Waals surface area contributed by atoms with Crippen molar-refractivity contribution in [2.24, 2.45) is 0 Å². The Kier molecular flexibility index (Phi) is 5.95. The second-order valence-corrected chi connectivity index (χ2v) is 7.40. The first-order valence-electron chi connectivity index (χ1n) is 10.1. The third-order valence-corrected chi connectivity index (χ3v) is 5.35. The van der Waals surface area contributed by atoms with Crippen LogP contribution < -0.4 is 5.56 Å². The summed E-state index contributed by atoms with van der Waals surface area (Å²) in [5.41, 5.74) is 1.82. The maximum Gasteiger partial charge on any atom is 0.258 e. The number of amides is 1. The van der Waals surface area contributed by atoms with E-state index in [-0.39, 0.29) is 11.5 Å². The molecule has 1 aromatic carbocycles. The molecule has 4 rings (SSSR count). The summed E-state index contributed by atoms with van der Waals surface area (Å²) < 4.78 is 0. The monoisotopic (exact) mass is 391 g/mol. The fourth-order valence-electron chi connectivity index (χ4n) is 3.72. The van der Waals surface area contributed by atoms with E-state index >= 15 is 0 Å². The van der Waals surface area contributed by atoms with Crippen LogP contribution in [0.4, 0.5) is 0 Å². The van der Waals surface area contributed by atoms with Gasteiger partial charge in [0.1, 0.15) is 5.82 Å². The molecule has 7 heteroatoms. The van der Waals surface area contributed by atoms with Crippen molar-refractivity contribution < 1.29 is 4.79 Å². The van der Waals surface area contributed by atoms with E-state index in [4.69, 9.17) is 0 Å². The van der Waals surface area contributed by atoms with E-state index < -0.39 is 0 Å². The fourth-order valence-corrected chi connectivity index (χ4v) is 3.72. The van der Waals surface area contributed by atoms with Gasteiger partial charge in [0.15, 0.2) is 0 Å². The summed E-state index contributed by atoms with van der Waals surface area (Å²) in [6.07, 6.45) is 5.37. The van der Waals surface area contributed by atoms with Crippen LogP contribution in [0.1, 0.15) is 24.2 Å². The standard InChI is InChI=1S/C22H25N5O2/c28-21(27-14-12-26(13-15-27)16-17-8-10-23-11-9-17)7-3-6-20-24-19-5-2-1-4-18(19)22(29)25-20/h1-2,4-5,8-11H,3,6-7,12-16H2,(H,24,25,29). The number of aromatic amines is 1. The molecule has 0 aliphatic carbocycles. The average molecular weight is 391 g/mol. The van der Waals surface area contributed by atoms with Gasteiger partial charge in [-0.1, -0.05) is 12.1 Å². The number of nitrogens with zero attached hydrogens (tertiary/aromatic N) is 4. The third-order valence-electron chi connectivity index (χ3n) is 5.35. The van der Waals surface area contributed by atoms with E-state index in [9.17, 15) is 9.59 Å². The average Bonchev–Trinajstić information content (AvgIpc) is 2.75. The van der Waals surface area contributed by atoms with Crippen LogP contribution in [0.2, 0.25) is 0 Å². The summed E-state index contributed by atoms with van der Waals surface area (Å²) in [6, 6.07) is 11.4. The van der Waals surface area contributed by atoms with E-state index in [1.54, 1.807) is 6.07 Å². The predicted octanol–water partition coefficient (Wildman–Crippen LogP) is 1.99. The van der Waals surface area contributed by atoms with Crippen LogP contribution in [0.25, 0.3) is 10.9 Å². The Morgan fingerprint density at radius 3 is 2.59 bits per heavy atom. The van der Waals surface area contributed by atoms with Crippen molar-refractivity contribution >= 4 is 16.8 Å². The Hall–Kier alpha value is -3.06. The molecule has 3 heterocycles. The number of nitrogens with one attached hydrogen (secondary N) is 1. The minimum absolute atomic E-state index is 0.123. The zero-order valence-corrected chi connectivity index (χ0v) is 16.4. The zero-order valence-electron chi connectivity index (χ0n) is 16.4. The molecule has 1 saturated heterocycles. The lowest BCUT2D eigenvalue weighted by Gasteiger charge is -2.34. The van der Waals surface area contributed by atoms with Crippen molar-refractivity contribution in [2.75, 3.05) is 26.2 Å². The summed E-state index contributed by atoms with van der Waals surface area (Å²) in [4.78, 5) is 40.4. The smallest absolute Gasteiger partial charge is 0.258 e. The van der Waals surface area contributed by atoms with Crippen LogP contribution in [0, 0.1) is 0 Å². The maximum atomic E-state index is 12.5. The molecule has 29 heavy (non-hydrogen) atoms. The molecule has 1 N–H and O–H groups in total. The molecule has 7 nitrogen and oxygen atoms in total. The first-order chi connectivity index (χ1) is 14.2. The number of aromatic nitrogens is 3. The van der Waals surface area contributed by atoms with Gasteiger partial charge in [-0.3, -0.25) is 19.5 Å². The molecule has 0 saturated carbocycles. The van der Waals surface area contributed by atoms with Gasteiger partial charge in [-0.15, -0.1) is 0 Å². The molecule has 1 aliphatic rings. The van der Waals surface area contributed by atoms with Crippen LogP contribution in [0.3, 0.4) is 0 Å². The molecule has 0 unspecified atom stereocenters. The highest BCUT2D eigenvalue weighted by molar-refractivity contribution is 5.77. The van der Waals surface area contributed by atoms with Crippen LogP contribution in [0.15, 0.2) is 53.6 Å². The van der Waals surface area contributed by atoms with Crippen LogP contribution in [-0.4, -0.2) is 56.8 Å². The molecule has 0 bridgehead atoms. The maximum absolute atomic E-state index is 12.5. The number of carbonyl (C=O) groups excluding carboxylic acids is 1. The zero-order chi connectivity index (χ0) is 20.1. The van der Waals surface area contributed by atoms with Crippen molar-refractivity contribution in [1.29, 1.82) is 0 Å². The number of piperazine rings is 1. The van der Waals surface area contributed by atoms with Gasteiger partial charge in [-0.05, 0) is 36.2 Å². The highest BCUT2D eigenvalue weighted by Crippen LogP contribution is 2.11. The van der Waals surface area contributed by atoms with E-state index in [2.05, 4.69) is 19.9 Å². The van der Waals surface area contributed by atoms with Crippen molar-refractivity contribution in [3.8, 4) is 0 Å². The molecule has 1 fully saturated rings. The number of hydrogen-bond acceptors (Lipinski definition) is 5. The number of hydrogen-bond donors (Lipinski definition) is 1. The van der Waals surface area contributed by atoms with Crippen molar-refractivity contribution in [1.82, 2.24) is 24.8 Å². The molecule has 0 spiro atoms. The number of fused-ring (bicyclic) bond motifs is 1. The first-order valence-corrected chi connectivity index (χ1v) is 10.1. The quantitative estimate of drug-likeness (QED) is 0.695. The Bertz CT molecular complexity index is 1030. The SMILES string of the molecule is O=C(CCCc1nc2ccccc2c(=O)[nH]1)N1CCN(Cc2ccncc2)CC1. The molecular weight excluding hydrogens is 366 g/mol. The highest BCUT2D eigenvalue weighted by Gasteiger charge is 2.20.